The van der Waals surface area contributed by atoms with Crippen molar-refractivity contribution >= 4 is 0 Å². The van der Waals surface area contributed by atoms with Crippen molar-refractivity contribution in [3.05, 3.63) is 17.5 Å². The maximum absolute atomic E-state index is 4.56. The second kappa shape index (κ2) is 3.41. The van der Waals surface area contributed by atoms with Gasteiger partial charge in [-0.2, -0.15) is 5.10 Å². The van der Waals surface area contributed by atoms with Crippen LogP contribution in [0.3, 0.4) is 0 Å². The van der Waals surface area contributed by atoms with E-state index < -0.39 is 0 Å². The van der Waals surface area contributed by atoms with Gasteiger partial charge in [0.2, 0.25) is 0 Å². The molecule has 2 rings (SSSR count). The molecule has 0 N–H and O–H groups in total. The fourth-order valence-corrected chi connectivity index (χ4v) is 2.16. The Morgan fingerprint density at radius 2 is 2.07 bits per heavy atom. The van der Waals surface area contributed by atoms with Gasteiger partial charge in [-0.05, 0) is 51.5 Å². The Hall–Kier alpha value is -0.790. The zero-order chi connectivity index (χ0) is 10.2. The molecule has 0 amide bonds. The van der Waals surface area contributed by atoms with Crippen molar-refractivity contribution in [3.63, 3.8) is 0 Å². The molecule has 0 spiro atoms. The highest BCUT2D eigenvalue weighted by Crippen LogP contribution is 2.27. The largest absolute Gasteiger partial charge is 0.264 e. The average Bonchev–Trinajstić information content (AvgIpc) is 2.61. The summed E-state index contributed by atoms with van der Waals surface area (Å²) in [7, 11) is 0. The number of aryl methyl sites for hydroxylation is 1. The lowest BCUT2D eigenvalue weighted by Crippen LogP contribution is -2.29. The van der Waals surface area contributed by atoms with E-state index in [-0.39, 0.29) is 5.54 Å². The predicted octanol–water partition coefficient (Wildman–Crippen LogP) is 2.91. The molecule has 0 atom stereocenters. The SMILES string of the molecule is CCC(C)(C)n1ncc2c1CCCC2. The summed E-state index contributed by atoms with van der Waals surface area (Å²) in [5.41, 5.74) is 3.16. The standard InChI is InChI=1S/C12H20N2/c1-4-12(2,3)14-11-8-6-5-7-10(11)9-13-14/h9H,4-8H2,1-3H3. The minimum atomic E-state index is 0.185. The van der Waals surface area contributed by atoms with E-state index in [2.05, 4.69) is 36.7 Å². The zero-order valence-electron chi connectivity index (χ0n) is 9.51. The highest BCUT2D eigenvalue weighted by molar-refractivity contribution is 5.21. The Morgan fingerprint density at radius 1 is 1.36 bits per heavy atom. The molecule has 0 saturated heterocycles. The molecule has 0 fully saturated rings. The Morgan fingerprint density at radius 3 is 2.79 bits per heavy atom. The Bertz CT molecular complexity index is 323. The van der Waals surface area contributed by atoms with Crippen molar-refractivity contribution in [2.45, 2.75) is 58.4 Å². The molecule has 1 aromatic rings. The Balaban J connectivity index is 2.39. The van der Waals surface area contributed by atoms with Crippen LogP contribution in [0, 0.1) is 0 Å². The normalized spacial score (nSPS) is 16.8. The van der Waals surface area contributed by atoms with Crippen LogP contribution >= 0.6 is 0 Å². The third kappa shape index (κ3) is 1.47. The van der Waals surface area contributed by atoms with Gasteiger partial charge in [-0.3, -0.25) is 4.68 Å². The third-order valence-electron chi connectivity index (χ3n) is 3.50. The lowest BCUT2D eigenvalue weighted by atomic mass is 9.95. The molecule has 1 aliphatic rings. The number of fused-ring (bicyclic) bond motifs is 1. The monoisotopic (exact) mass is 192 g/mol. The molecule has 78 valence electrons. The van der Waals surface area contributed by atoms with Crippen molar-refractivity contribution in [1.29, 1.82) is 0 Å². The summed E-state index contributed by atoms with van der Waals surface area (Å²) in [6.45, 7) is 6.78. The number of rotatable bonds is 2. The van der Waals surface area contributed by atoms with Crippen LogP contribution in [0.25, 0.3) is 0 Å². The van der Waals surface area contributed by atoms with E-state index in [0.29, 0.717) is 0 Å². The van der Waals surface area contributed by atoms with Gasteiger partial charge in [-0.1, -0.05) is 6.92 Å². The zero-order valence-corrected chi connectivity index (χ0v) is 9.51. The Labute approximate surface area is 86.3 Å². The predicted molar refractivity (Wildman–Crippen MR) is 58.5 cm³/mol. The van der Waals surface area contributed by atoms with Gasteiger partial charge in [0.05, 0.1) is 11.7 Å². The molecule has 0 unspecified atom stereocenters. The van der Waals surface area contributed by atoms with Gasteiger partial charge in [0.15, 0.2) is 0 Å². The maximum Gasteiger partial charge on any atom is 0.0572 e. The van der Waals surface area contributed by atoms with Crippen molar-refractivity contribution < 1.29 is 0 Å². The number of hydrogen-bond acceptors (Lipinski definition) is 1. The molecule has 1 aliphatic carbocycles. The summed E-state index contributed by atoms with van der Waals surface area (Å²) < 4.78 is 2.25. The summed E-state index contributed by atoms with van der Waals surface area (Å²) in [5, 5.41) is 4.56. The molecule has 1 aromatic heterocycles. The second-order valence-corrected chi connectivity index (χ2v) is 4.90. The number of hydrogen-bond donors (Lipinski definition) is 0. The van der Waals surface area contributed by atoms with E-state index >= 15 is 0 Å². The first-order valence-electron chi connectivity index (χ1n) is 5.71. The van der Waals surface area contributed by atoms with Crippen LogP contribution in [0.1, 0.15) is 51.3 Å². The van der Waals surface area contributed by atoms with Gasteiger partial charge >= 0.3 is 0 Å². The van der Waals surface area contributed by atoms with Crippen LogP contribution < -0.4 is 0 Å². The molecule has 0 aromatic carbocycles. The fourth-order valence-electron chi connectivity index (χ4n) is 2.16. The van der Waals surface area contributed by atoms with Crippen LogP contribution in [0.4, 0.5) is 0 Å². The first-order valence-corrected chi connectivity index (χ1v) is 5.71. The van der Waals surface area contributed by atoms with Gasteiger partial charge in [0.25, 0.3) is 0 Å². The van der Waals surface area contributed by atoms with Crippen molar-refractivity contribution in [2.75, 3.05) is 0 Å². The molecule has 1 heterocycles. The molecular formula is C12H20N2. The molecule has 2 nitrogen and oxygen atoms in total. The van der Waals surface area contributed by atoms with Gasteiger partial charge in [0.1, 0.15) is 0 Å². The fraction of sp³-hybridized carbons (Fsp3) is 0.750. The average molecular weight is 192 g/mol. The molecule has 2 heteroatoms. The summed E-state index contributed by atoms with van der Waals surface area (Å²) in [5.74, 6) is 0. The molecule has 0 aliphatic heterocycles. The molecular weight excluding hydrogens is 172 g/mol. The summed E-state index contributed by atoms with van der Waals surface area (Å²) in [4.78, 5) is 0. The number of nitrogens with zero attached hydrogens (tertiary/aromatic N) is 2. The van der Waals surface area contributed by atoms with Crippen LogP contribution in [0.15, 0.2) is 6.20 Å². The van der Waals surface area contributed by atoms with Gasteiger partial charge < -0.3 is 0 Å². The molecule has 14 heavy (non-hydrogen) atoms. The Kier molecular flexibility index (Phi) is 2.38. The van der Waals surface area contributed by atoms with Crippen molar-refractivity contribution in [1.82, 2.24) is 9.78 Å². The molecule has 0 radical (unpaired) electrons. The minimum Gasteiger partial charge on any atom is -0.264 e. The topological polar surface area (TPSA) is 17.8 Å². The second-order valence-electron chi connectivity index (χ2n) is 4.90. The van der Waals surface area contributed by atoms with Gasteiger partial charge in [0, 0.05) is 5.69 Å². The van der Waals surface area contributed by atoms with Crippen molar-refractivity contribution in [2.24, 2.45) is 0 Å². The summed E-state index contributed by atoms with van der Waals surface area (Å²) >= 11 is 0. The molecule has 0 saturated carbocycles. The van der Waals surface area contributed by atoms with Gasteiger partial charge in [-0.15, -0.1) is 0 Å². The summed E-state index contributed by atoms with van der Waals surface area (Å²) in [6.07, 6.45) is 8.34. The van der Waals surface area contributed by atoms with E-state index in [4.69, 9.17) is 0 Å². The van der Waals surface area contributed by atoms with E-state index in [1.54, 1.807) is 0 Å². The van der Waals surface area contributed by atoms with Crippen LogP contribution in [0.2, 0.25) is 0 Å². The highest BCUT2D eigenvalue weighted by atomic mass is 15.3. The van der Waals surface area contributed by atoms with Crippen molar-refractivity contribution in [3.8, 4) is 0 Å². The van der Waals surface area contributed by atoms with Crippen LogP contribution in [0.5, 0.6) is 0 Å². The van der Waals surface area contributed by atoms with Gasteiger partial charge in [-0.25, -0.2) is 0 Å². The quantitative estimate of drug-likeness (QED) is 0.704. The van der Waals surface area contributed by atoms with E-state index in [0.717, 1.165) is 6.42 Å². The third-order valence-corrected chi connectivity index (χ3v) is 3.50. The first-order chi connectivity index (χ1) is 6.65. The number of aromatic nitrogens is 2. The van der Waals surface area contributed by atoms with Crippen LogP contribution in [-0.4, -0.2) is 9.78 Å². The molecule has 0 bridgehead atoms. The van der Waals surface area contributed by atoms with E-state index in [9.17, 15) is 0 Å². The van der Waals surface area contributed by atoms with E-state index in [1.807, 2.05) is 0 Å². The summed E-state index contributed by atoms with van der Waals surface area (Å²) in [6, 6.07) is 0. The van der Waals surface area contributed by atoms with E-state index in [1.165, 1.54) is 36.9 Å². The maximum atomic E-state index is 4.56. The smallest absolute Gasteiger partial charge is 0.0572 e. The lowest BCUT2D eigenvalue weighted by molar-refractivity contribution is 0.295. The first kappa shape index (κ1) is 9.75. The highest BCUT2D eigenvalue weighted by Gasteiger charge is 2.24. The van der Waals surface area contributed by atoms with Crippen LogP contribution in [-0.2, 0) is 18.4 Å². The lowest BCUT2D eigenvalue weighted by Gasteiger charge is -2.27. The minimum absolute atomic E-state index is 0.185.